The molecule has 0 radical (unpaired) electrons. The van der Waals surface area contributed by atoms with Crippen LogP contribution in [0.4, 0.5) is 21.9 Å². The van der Waals surface area contributed by atoms with E-state index < -0.39 is 11.9 Å². The third-order valence-electron chi connectivity index (χ3n) is 5.78. The number of anilines is 3. The highest BCUT2D eigenvalue weighted by Crippen LogP contribution is 2.39. The number of benzene rings is 2. The summed E-state index contributed by atoms with van der Waals surface area (Å²) in [5.74, 6) is -1.78. The molecule has 3 N–H and O–H groups in total. The molecule has 10 nitrogen and oxygen atoms in total. The fourth-order valence-corrected chi connectivity index (χ4v) is 3.91. The fourth-order valence-electron chi connectivity index (χ4n) is 3.91. The van der Waals surface area contributed by atoms with Crippen LogP contribution in [-0.2, 0) is 16.0 Å². The Morgan fingerprint density at radius 2 is 1.57 bits per heavy atom. The zero-order valence-electron chi connectivity index (χ0n) is 19.8. The number of likely N-dealkylation sites (N-methyl/N-ethyl adjacent to an activating group) is 1. The summed E-state index contributed by atoms with van der Waals surface area (Å²) >= 11 is 0. The van der Waals surface area contributed by atoms with Crippen LogP contribution in [0.3, 0.4) is 0 Å². The Morgan fingerprint density at radius 1 is 0.914 bits per heavy atom. The van der Waals surface area contributed by atoms with Crippen LogP contribution in [0.2, 0.25) is 0 Å². The lowest BCUT2D eigenvalue weighted by Gasteiger charge is -2.33. The second-order valence-electron chi connectivity index (χ2n) is 8.14. The number of aliphatic carboxylic acids is 2. The Morgan fingerprint density at radius 3 is 2.20 bits per heavy atom. The number of nitrogens with one attached hydrogen (secondary N) is 1. The van der Waals surface area contributed by atoms with Gasteiger partial charge in [0.25, 0.3) is 0 Å². The number of rotatable bonds is 5. The Labute approximate surface area is 204 Å². The van der Waals surface area contributed by atoms with E-state index >= 15 is 0 Å². The number of nitrogens with zero attached hydrogens (tertiary/aromatic N) is 3. The van der Waals surface area contributed by atoms with Gasteiger partial charge in [-0.05, 0) is 37.2 Å². The van der Waals surface area contributed by atoms with Crippen LogP contribution in [0.5, 0.6) is 5.75 Å². The number of fused-ring (bicyclic) bond motifs is 1. The maximum absolute atomic E-state index is 12.8. The zero-order chi connectivity index (χ0) is 25.4. The van der Waals surface area contributed by atoms with E-state index in [9.17, 15) is 14.4 Å². The van der Waals surface area contributed by atoms with Gasteiger partial charge < -0.3 is 35.0 Å². The molecule has 2 heterocycles. The highest BCUT2D eigenvalue weighted by Gasteiger charge is 2.25. The van der Waals surface area contributed by atoms with Crippen LogP contribution in [0.1, 0.15) is 5.56 Å². The molecule has 0 aromatic heterocycles. The van der Waals surface area contributed by atoms with Crippen molar-refractivity contribution in [1.82, 2.24) is 9.80 Å². The molecule has 0 atom stereocenters. The topological polar surface area (TPSA) is 123 Å². The number of amides is 2. The average Bonchev–Trinajstić information content (AvgIpc) is 3.27. The lowest BCUT2D eigenvalue weighted by molar-refractivity contribution is -0.134. The van der Waals surface area contributed by atoms with Crippen molar-refractivity contribution in [2.45, 2.75) is 6.42 Å². The van der Waals surface area contributed by atoms with Gasteiger partial charge in [-0.1, -0.05) is 18.2 Å². The van der Waals surface area contributed by atoms with E-state index in [2.05, 4.69) is 46.4 Å². The molecule has 2 aliphatic heterocycles. The highest BCUT2D eigenvalue weighted by atomic mass is 16.5. The summed E-state index contributed by atoms with van der Waals surface area (Å²) in [6.07, 6.45) is 2.12. The number of piperazine rings is 1. The lowest BCUT2D eigenvalue weighted by atomic mass is 10.1. The first kappa shape index (κ1) is 25.6. The number of carbonyl (C=O) groups excluding carboxylic acids is 1. The Bertz CT molecular complexity index is 1080. The molecule has 2 aliphatic rings. The van der Waals surface area contributed by atoms with Crippen LogP contribution >= 0.6 is 0 Å². The third-order valence-corrected chi connectivity index (χ3v) is 5.78. The van der Waals surface area contributed by atoms with E-state index in [0.717, 1.165) is 56.3 Å². The number of carboxylic acid groups (broad SMARTS) is 2. The summed E-state index contributed by atoms with van der Waals surface area (Å²) in [5, 5.41) is 18.7. The first-order valence-corrected chi connectivity index (χ1v) is 11.2. The minimum atomic E-state index is -1.26. The maximum atomic E-state index is 12.8. The predicted octanol–water partition coefficient (Wildman–Crippen LogP) is 2.88. The molecule has 1 fully saturated rings. The van der Waals surface area contributed by atoms with Crippen LogP contribution in [0.25, 0.3) is 0 Å². The van der Waals surface area contributed by atoms with Gasteiger partial charge >= 0.3 is 18.0 Å². The van der Waals surface area contributed by atoms with Gasteiger partial charge in [0.05, 0.1) is 18.5 Å². The smallest absolute Gasteiger partial charge is 0.328 e. The van der Waals surface area contributed by atoms with Gasteiger partial charge in [-0.15, -0.1) is 0 Å². The normalized spacial score (nSPS) is 15.3. The van der Waals surface area contributed by atoms with Gasteiger partial charge in [-0.3, -0.25) is 0 Å². The van der Waals surface area contributed by atoms with Gasteiger partial charge in [0.1, 0.15) is 5.75 Å². The molecule has 35 heavy (non-hydrogen) atoms. The molecule has 2 aromatic carbocycles. The van der Waals surface area contributed by atoms with Crippen molar-refractivity contribution < 1.29 is 29.3 Å². The molecule has 186 valence electrons. The minimum absolute atomic E-state index is 0.0508. The Hall–Kier alpha value is -4.05. The van der Waals surface area contributed by atoms with Gasteiger partial charge in [-0.2, -0.15) is 0 Å². The molecule has 0 spiro atoms. The van der Waals surface area contributed by atoms with E-state index in [-0.39, 0.29) is 6.03 Å². The SMILES string of the molecule is COc1ccc(N2CCc3ccccc32)c(NC(=O)N2CCN(C)CC2)c1.O=C(O)/C=C\C(=O)O. The first-order chi connectivity index (χ1) is 16.8. The highest BCUT2D eigenvalue weighted by molar-refractivity contribution is 5.95. The van der Waals surface area contributed by atoms with Crippen LogP contribution in [0, 0.1) is 0 Å². The molecular weight excluding hydrogens is 452 g/mol. The number of ether oxygens (including phenoxy) is 1. The van der Waals surface area contributed by atoms with Gasteiger partial charge in [0.2, 0.25) is 0 Å². The first-order valence-electron chi connectivity index (χ1n) is 11.2. The predicted molar refractivity (Wildman–Crippen MR) is 133 cm³/mol. The summed E-state index contributed by atoms with van der Waals surface area (Å²) < 4.78 is 5.39. The Kier molecular flexibility index (Phi) is 8.69. The van der Waals surface area contributed by atoms with Crippen molar-refractivity contribution in [1.29, 1.82) is 0 Å². The van der Waals surface area contributed by atoms with Crippen LogP contribution in [-0.4, -0.2) is 84.9 Å². The second-order valence-corrected chi connectivity index (χ2v) is 8.14. The van der Waals surface area contributed by atoms with Crippen LogP contribution in [0.15, 0.2) is 54.6 Å². The standard InChI is InChI=1S/C21H26N4O2.C4H4O4/c1-23-11-13-24(14-12-23)21(26)22-18-15-17(27-2)7-8-20(18)25-10-9-16-5-3-4-6-19(16)25;5-3(6)1-2-4(7)8/h3-8,15H,9-14H2,1-2H3,(H,22,26);1-2H,(H,5,6)(H,7,8)/b;2-1-. The fraction of sp³-hybridized carbons (Fsp3) is 0.320. The van der Waals surface area contributed by atoms with Gasteiger partial charge in [-0.25, -0.2) is 14.4 Å². The van der Waals surface area contributed by atoms with Crippen molar-refractivity contribution in [3.8, 4) is 5.75 Å². The molecule has 10 heteroatoms. The van der Waals surface area contributed by atoms with E-state index in [0.29, 0.717) is 12.2 Å². The van der Waals surface area contributed by atoms with E-state index in [4.69, 9.17) is 14.9 Å². The number of carboxylic acids is 2. The molecule has 0 unspecified atom stereocenters. The zero-order valence-corrected chi connectivity index (χ0v) is 19.8. The number of urea groups is 1. The van der Waals surface area contributed by atoms with Crippen molar-refractivity contribution in [2.75, 3.05) is 57.1 Å². The lowest BCUT2D eigenvalue weighted by Crippen LogP contribution is -2.48. The molecule has 1 saturated heterocycles. The van der Waals surface area contributed by atoms with E-state index in [1.54, 1.807) is 7.11 Å². The Balaban J connectivity index is 0.000000371. The molecule has 0 aliphatic carbocycles. The second kappa shape index (κ2) is 11.9. The summed E-state index contributed by atoms with van der Waals surface area (Å²) in [4.78, 5) is 38.3. The van der Waals surface area contributed by atoms with Gasteiger partial charge in [0.15, 0.2) is 0 Å². The van der Waals surface area contributed by atoms with Crippen molar-refractivity contribution in [3.05, 3.63) is 60.2 Å². The average molecular weight is 483 g/mol. The summed E-state index contributed by atoms with van der Waals surface area (Å²) in [6, 6.07) is 14.3. The molecule has 2 aromatic rings. The molecular formula is C25H30N4O6. The minimum Gasteiger partial charge on any atom is -0.497 e. The van der Waals surface area contributed by atoms with Crippen molar-refractivity contribution in [2.24, 2.45) is 0 Å². The summed E-state index contributed by atoms with van der Waals surface area (Å²) in [7, 11) is 3.73. The summed E-state index contributed by atoms with van der Waals surface area (Å²) in [6.45, 7) is 4.20. The number of hydrogen-bond acceptors (Lipinski definition) is 6. The number of hydrogen-bond donors (Lipinski definition) is 3. The third kappa shape index (κ3) is 6.97. The molecule has 0 bridgehead atoms. The maximum Gasteiger partial charge on any atom is 0.328 e. The van der Waals surface area contributed by atoms with E-state index in [1.807, 2.05) is 23.1 Å². The van der Waals surface area contributed by atoms with Gasteiger partial charge in [0, 0.05) is 56.6 Å². The van der Waals surface area contributed by atoms with Crippen LogP contribution < -0.4 is 15.0 Å². The molecule has 0 saturated carbocycles. The van der Waals surface area contributed by atoms with Crippen molar-refractivity contribution in [3.63, 3.8) is 0 Å². The summed E-state index contributed by atoms with van der Waals surface area (Å²) in [5.41, 5.74) is 4.33. The molecule has 2 amide bonds. The number of carbonyl (C=O) groups is 3. The van der Waals surface area contributed by atoms with E-state index in [1.165, 1.54) is 11.3 Å². The monoisotopic (exact) mass is 482 g/mol. The molecule has 4 rings (SSSR count). The number of para-hydroxylation sites is 1. The van der Waals surface area contributed by atoms with Crippen molar-refractivity contribution >= 4 is 35.0 Å². The quantitative estimate of drug-likeness (QED) is 0.556. The largest absolute Gasteiger partial charge is 0.497 e. The number of methoxy groups -OCH3 is 1.